The van der Waals surface area contributed by atoms with E-state index in [9.17, 15) is 18.0 Å². The zero-order chi connectivity index (χ0) is 21.7. The molecule has 1 aliphatic heterocycles. The summed E-state index contributed by atoms with van der Waals surface area (Å²) in [6.07, 6.45) is 3.28. The van der Waals surface area contributed by atoms with Crippen LogP contribution in [0.4, 0.5) is 0 Å². The number of hydrogen-bond acceptors (Lipinski definition) is 6. The number of carbonyl (C=O) groups excluding carboxylic acids is 2. The van der Waals surface area contributed by atoms with Crippen LogP contribution in [-0.2, 0) is 24.3 Å². The summed E-state index contributed by atoms with van der Waals surface area (Å²) >= 11 is 0. The van der Waals surface area contributed by atoms with Gasteiger partial charge in [0.2, 0.25) is 10.0 Å². The van der Waals surface area contributed by atoms with Crippen LogP contribution in [0.15, 0.2) is 29.2 Å². The van der Waals surface area contributed by atoms with Crippen molar-refractivity contribution in [2.75, 3.05) is 26.3 Å². The Morgan fingerprint density at radius 1 is 1.20 bits per heavy atom. The summed E-state index contributed by atoms with van der Waals surface area (Å²) in [5.74, 6) is -0.666. The van der Waals surface area contributed by atoms with Crippen molar-refractivity contribution in [3.05, 3.63) is 29.8 Å². The Bertz CT molecular complexity index is 866. The van der Waals surface area contributed by atoms with E-state index in [0.29, 0.717) is 19.1 Å². The number of esters is 1. The first-order chi connectivity index (χ1) is 14.3. The van der Waals surface area contributed by atoms with Crippen LogP contribution >= 0.6 is 0 Å². The van der Waals surface area contributed by atoms with Crippen LogP contribution in [0.2, 0.25) is 0 Å². The quantitative estimate of drug-likeness (QED) is 0.681. The lowest BCUT2D eigenvalue weighted by molar-refractivity contribution is -0.130. The van der Waals surface area contributed by atoms with Gasteiger partial charge in [0.05, 0.1) is 23.7 Å². The number of sulfonamides is 1. The van der Waals surface area contributed by atoms with Crippen molar-refractivity contribution in [3.8, 4) is 0 Å². The minimum Gasteiger partial charge on any atom is -0.449 e. The molecule has 0 spiro atoms. The van der Waals surface area contributed by atoms with Gasteiger partial charge in [0.15, 0.2) is 6.10 Å². The van der Waals surface area contributed by atoms with Crippen molar-refractivity contribution in [1.29, 1.82) is 0 Å². The maximum absolute atomic E-state index is 12.8. The Morgan fingerprint density at radius 2 is 1.90 bits per heavy atom. The van der Waals surface area contributed by atoms with Gasteiger partial charge in [-0.15, -0.1) is 0 Å². The number of ether oxygens (including phenoxy) is 2. The highest BCUT2D eigenvalue weighted by atomic mass is 32.2. The number of amides is 1. The third-order valence-corrected chi connectivity index (χ3v) is 7.66. The number of nitrogens with one attached hydrogen (secondary N) is 1. The number of carbonyl (C=O) groups is 2. The van der Waals surface area contributed by atoms with E-state index in [-0.39, 0.29) is 35.5 Å². The largest absolute Gasteiger partial charge is 0.449 e. The van der Waals surface area contributed by atoms with Gasteiger partial charge in [0, 0.05) is 19.1 Å². The van der Waals surface area contributed by atoms with Gasteiger partial charge in [-0.05, 0) is 43.9 Å². The molecular weight excluding hydrogens is 408 g/mol. The molecule has 2 aliphatic rings. The number of benzene rings is 1. The molecular formula is C21H30N2O6S. The summed E-state index contributed by atoms with van der Waals surface area (Å²) in [6, 6.07) is 5.81. The van der Waals surface area contributed by atoms with E-state index in [2.05, 4.69) is 12.2 Å². The van der Waals surface area contributed by atoms with E-state index in [4.69, 9.17) is 9.47 Å². The molecule has 1 saturated carbocycles. The summed E-state index contributed by atoms with van der Waals surface area (Å²) in [4.78, 5) is 25.0. The van der Waals surface area contributed by atoms with Crippen molar-refractivity contribution < 1.29 is 27.5 Å². The second-order valence-electron chi connectivity index (χ2n) is 7.97. The van der Waals surface area contributed by atoms with Crippen LogP contribution in [0.25, 0.3) is 0 Å². The lowest BCUT2D eigenvalue weighted by Gasteiger charge is -2.30. The lowest BCUT2D eigenvalue weighted by atomic mass is 9.86. The summed E-state index contributed by atoms with van der Waals surface area (Å²) in [6.45, 7) is 4.86. The molecule has 1 amide bonds. The van der Waals surface area contributed by atoms with Crippen molar-refractivity contribution >= 4 is 21.9 Å². The molecule has 0 aromatic heterocycles. The topological polar surface area (TPSA) is 102 Å². The first-order valence-electron chi connectivity index (χ1n) is 10.5. The van der Waals surface area contributed by atoms with Gasteiger partial charge in [-0.1, -0.05) is 25.8 Å². The number of nitrogens with zero attached hydrogens (tertiary/aromatic N) is 1. The minimum absolute atomic E-state index is 0.0204. The Labute approximate surface area is 178 Å². The smallest absolute Gasteiger partial charge is 0.338 e. The predicted molar refractivity (Wildman–Crippen MR) is 110 cm³/mol. The van der Waals surface area contributed by atoms with E-state index in [1.54, 1.807) is 0 Å². The van der Waals surface area contributed by atoms with Gasteiger partial charge in [-0.2, -0.15) is 4.31 Å². The standard InChI is InChI=1S/C21H30N2O6S/c1-15-6-3-4-9-19(15)22-20(24)16(2)29-21(25)17-7-5-8-18(14-17)30(26,27)23-10-12-28-13-11-23/h5,7-8,14-16,19H,3-4,6,9-13H2,1-2H3,(H,22,24)/t15-,16-,19+/m0/s1. The van der Waals surface area contributed by atoms with Crippen LogP contribution in [0.1, 0.15) is 49.9 Å². The summed E-state index contributed by atoms with van der Waals surface area (Å²) in [5, 5.41) is 2.97. The van der Waals surface area contributed by atoms with Gasteiger partial charge < -0.3 is 14.8 Å². The minimum atomic E-state index is -3.72. The fourth-order valence-electron chi connectivity index (χ4n) is 3.83. The van der Waals surface area contributed by atoms with Crippen LogP contribution in [0.3, 0.4) is 0 Å². The molecule has 0 radical (unpaired) electrons. The fraction of sp³-hybridized carbons (Fsp3) is 0.619. The average Bonchev–Trinajstić information content (AvgIpc) is 2.76. The zero-order valence-corrected chi connectivity index (χ0v) is 18.3. The maximum Gasteiger partial charge on any atom is 0.338 e. The van der Waals surface area contributed by atoms with Gasteiger partial charge in [-0.3, -0.25) is 4.79 Å². The monoisotopic (exact) mass is 438 g/mol. The molecule has 0 unspecified atom stereocenters. The summed E-state index contributed by atoms with van der Waals surface area (Å²) < 4.78 is 37.4. The average molecular weight is 439 g/mol. The molecule has 8 nitrogen and oxygen atoms in total. The second kappa shape index (κ2) is 9.89. The third-order valence-electron chi connectivity index (χ3n) is 5.77. The van der Waals surface area contributed by atoms with E-state index < -0.39 is 22.1 Å². The van der Waals surface area contributed by atoms with Crippen LogP contribution in [0.5, 0.6) is 0 Å². The molecule has 1 saturated heterocycles. The molecule has 9 heteroatoms. The normalized spacial score (nSPS) is 24.1. The molecule has 1 aromatic carbocycles. The van der Waals surface area contributed by atoms with E-state index in [1.165, 1.54) is 41.9 Å². The third kappa shape index (κ3) is 5.39. The van der Waals surface area contributed by atoms with Crippen LogP contribution < -0.4 is 5.32 Å². The first kappa shape index (κ1) is 22.7. The van der Waals surface area contributed by atoms with Crippen LogP contribution in [-0.4, -0.2) is 63.0 Å². The van der Waals surface area contributed by atoms with Crippen molar-refractivity contribution in [3.63, 3.8) is 0 Å². The Morgan fingerprint density at radius 3 is 2.60 bits per heavy atom. The van der Waals surface area contributed by atoms with E-state index in [1.807, 2.05) is 0 Å². The molecule has 0 bridgehead atoms. The first-order valence-corrected chi connectivity index (χ1v) is 11.9. The fourth-order valence-corrected chi connectivity index (χ4v) is 5.29. The molecule has 2 fully saturated rings. The second-order valence-corrected chi connectivity index (χ2v) is 9.91. The molecule has 30 heavy (non-hydrogen) atoms. The van der Waals surface area contributed by atoms with Gasteiger partial charge >= 0.3 is 5.97 Å². The van der Waals surface area contributed by atoms with Gasteiger partial charge in [-0.25, -0.2) is 13.2 Å². The Balaban J connectivity index is 1.63. The molecule has 1 N–H and O–H groups in total. The zero-order valence-electron chi connectivity index (χ0n) is 17.5. The molecule has 3 atom stereocenters. The molecule has 166 valence electrons. The molecule has 1 heterocycles. The van der Waals surface area contributed by atoms with Gasteiger partial charge in [0.1, 0.15) is 0 Å². The van der Waals surface area contributed by atoms with E-state index >= 15 is 0 Å². The van der Waals surface area contributed by atoms with Crippen molar-refractivity contribution in [2.45, 2.75) is 56.6 Å². The Kier molecular flexibility index (Phi) is 7.49. The molecule has 1 aromatic rings. The number of morpholine rings is 1. The predicted octanol–water partition coefficient (Wildman–Crippen LogP) is 1.95. The summed E-state index contributed by atoms with van der Waals surface area (Å²) in [5.41, 5.74) is 0.0926. The Hall–Kier alpha value is -1.97. The molecule has 1 aliphatic carbocycles. The van der Waals surface area contributed by atoms with Crippen LogP contribution in [0, 0.1) is 5.92 Å². The molecule has 3 rings (SSSR count). The van der Waals surface area contributed by atoms with Gasteiger partial charge in [0.25, 0.3) is 5.91 Å². The van der Waals surface area contributed by atoms with E-state index in [0.717, 1.165) is 19.3 Å². The highest BCUT2D eigenvalue weighted by molar-refractivity contribution is 7.89. The number of hydrogen-bond donors (Lipinski definition) is 1. The lowest BCUT2D eigenvalue weighted by Crippen LogP contribution is -2.46. The van der Waals surface area contributed by atoms with Crippen molar-refractivity contribution in [1.82, 2.24) is 9.62 Å². The maximum atomic E-state index is 12.8. The SMILES string of the molecule is C[C@H](OC(=O)c1cccc(S(=O)(=O)N2CCOCC2)c1)C(=O)N[C@@H]1CCCC[C@@H]1C. The van der Waals surface area contributed by atoms with Crippen molar-refractivity contribution in [2.24, 2.45) is 5.92 Å². The number of rotatable bonds is 6. The highest BCUT2D eigenvalue weighted by Crippen LogP contribution is 2.24. The summed E-state index contributed by atoms with van der Waals surface area (Å²) in [7, 11) is -3.72. The highest BCUT2D eigenvalue weighted by Gasteiger charge is 2.29.